The zero-order chi connectivity index (χ0) is 14.4. The number of anilines is 2. The van der Waals surface area contributed by atoms with Crippen LogP contribution in [0.15, 0.2) is 54.6 Å². The summed E-state index contributed by atoms with van der Waals surface area (Å²) in [7, 11) is 0. The van der Waals surface area contributed by atoms with Crippen molar-refractivity contribution < 1.29 is 9.50 Å². The first-order valence-electron chi connectivity index (χ1n) is 6.21. The molecule has 2 aromatic carbocycles. The lowest BCUT2D eigenvalue weighted by Gasteiger charge is -2.25. The van der Waals surface area contributed by atoms with Crippen LogP contribution in [0.4, 0.5) is 15.8 Å². The fourth-order valence-electron chi connectivity index (χ4n) is 1.80. The van der Waals surface area contributed by atoms with Crippen LogP contribution < -0.4 is 10.2 Å². The smallest absolute Gasteiger partial charge is 0.178 e. The Hall–Kier alpha value is -1.98. The van der Waals surface area contributed by atoms with Crippen LogP contribution in [0.3, 0.4) is 0 Å². The van der Waals surface area contributed by atoms with Crippen LogP contribution >= 0.6 is 12.2 Å². The monoisotopic (exact) mass is 290 g/mol. The van der Waals surface area contributed by atoms with E-state index in [2.05, 4.69) is 5.32 Å². The van der Waals surface area contributed by atoms with Gasteiger partial charge in [0.15, 0.2) is 5.11 Å². The molecule has 0 amide bonds. The van der Waals surface area contributed by atoms with E-state index in [0.29, 0.717) is 17.3 Å². The predicted molar refractivity (Wildman–Crippen MR) is 83.5 cm³/mol. The van der Waals surface area contributed by atoms with Gasteiger partial charge in [0, 0.05) is 12.2 Å². The summed E-state index contributed by atoms with van der Waals surface area (Å²) in [6.45, 7) is 0.290. The van der Waals surface area contributed by atoms with Gasteiger partial charge >= 0.3 is 0 Å². The lowest BCUT2D eigenvalue weighted by Crippen LogP contribution is -2.37. The highest BCUT2D eigenvalue weighted by molar-refractivity contribution is 7.80. The largest absolute Gasteiger partial charge is 0.395 e. The van der Waals surface area contributed by atoms with Gasteiger partial charge < -0.3 is 15.3 Å². The number of nitrogens with zero attached hydrogens (tertiary/aromatic N) is 1. The third-order valence-electron chi connectivity index (χ3n) is 2.75. The van der Waals surface area contributed by atoms with E-state index in [-0.39, 0.29) is 12.4 Å². The second kappa shape index (κ2) is 6.98. The molecule has 104 valence electrons. The van der Waals surface area contributed by atoms with E-state index in [0.717, 1.165) is 5.69 Å². The molecule has 2 rings (SSSR count). The van der Waals surface area contributed by atoms with Crippen LogP contribution in [0.2, 0.25) is 0 Å². The number of nitrogens with one attached hydrogen (secondary N) is 1. The van der Waals surface area contributed by atoms with Crippen molar-refractivity contribution in [2.75, 3.05) is 23.4 Å². The Labute approximate surface area is 122 Å². The Kier molecular flexibility index (Phi) is 5.03. The summed E-state index contributed by atoms with van der Waals surface area (Å²) in [6, 6.07) is 15.7. The minimum absolute atomic E-state index is 0.0476. The molecule has 0 aliphatic rings. The molecule has 0 saturated heterocycles. The molecule has 20 heavy (non-hydrogen) atoms. The molecule has 2 aromatic rings. The molecule has 0 spiro atoms. The van der Waals surface area contributed by atoms with Crippen LogP contribution in [-0.2, 0) is 0 Å². The van der Waals surface area contributed by atoms with Crippen LogP contribution in [0.1, 0.15) is 0 Å². The summed E-state index contributed by atoms with van der Waals surface area (Å²) in [5.74, 6) is -0.369. The Morgan fingerprint density at radius 3 is 2.40 bits per heavy atom. The third-order valence-corrected chi connectivity index (χ3v) is 3.07. The first-order valence-corrected chi connectivity index (χ1v) is 6.62. The third kappa shape index (κ3) is 3.53. The molecule has 0 fully saturated rings. The number of aliphatic hydroxyl groups excluding tert-OH is 1. The van der Waals surface area contributed by atoms with Crippen molar-refractivity contribution in [1.29, 1.82) is 0 Å². The maximum Gasteiger partial charge on any atom is 0.178 e. The molecule has 3 nitrogen and oxygen atoms in total. The van der Waals surface area contributed by atoms with Gasteiger partial charge in [0.05, 0.1) is 12.3 Å². The van der Waals surface area contributed by atoms with E-state index in [4.69, 9.17) is 17.3 Å². The first-order chi connectivity index (χ1) is 9.72. The summed E-state index contributed by atoms with van der Waals surface area (Å²) < 4.78 is 13.6. The lowest BCUT2D eigenvalue weighted by atomic mass is 10.3. The second-order valence-electron chi connectivity index (χ2n) is 4.12. The first kappa shape index (κ1) is 14.4. The molecule has 0 aliphatic carbocycles. The van der Waals surface area contributed by atoms with Gasteiger partial charge in [-0.2, -0.15) is 0 Å². The fourth-order valence-corrected chi connectivity index (χ4v) is 2.11. The van der Waals surface area contributed by atoms with Crippen molar-refractivity contribution in [2.24, 2.45) is 0 Å². The van der Waals surface area contributed by atoms with Gasteiger partial charge in [-0.15, -0.1) is 0 Å². The average molecular weight is 290 g/mol. The number of para-hydroxylation sites is 2. The van der Waals surface area contributed by atoms with Crippen molar-refractivity contribution in [2.45, 2.75) is 0 Å². The molecule has 0 aliphatic heterocycles. The number of thiocarbonyl (C=S) groups is 1. The maximum absolute atomic E-state index is 13.6. The van der Waals surface area contributed by atoms with E-state index < -0.39 is 0 Å². The molecular formula is C15H15FN2OS. The Morgan fingerprint density at radius 1 is 1.10 bits per heavy atom. The summed E-state index contributed by atoms with van der Waals surface area (Å²) in [4.78, 5) is 1.72. The summed E-state index contributed by atoms with van der Waals surface area (Å²) >= 11 is 5.30. The SMILES string of the molecule is OCCN(C(=S)Nc1ccccc1F)c1ccccc1. The molecule has 0 heterocycles. The van der Waals surface area contributed by atoms with E-state index in [1.165, 1.54) is 6.07 Å². The molecule has 0 bridgehead atoms. The molecule has 0 saturated carbocycles. The summed E-state index contributed by atoms with van der Waals surface area (Å²) in [5, 5.41) is 12.4. The van der Waals surface area contributed by atoms with Crippen LogP contribution in [0, 0.1) is 5.82 Å². The van der Waals surface area contributed by atoms with E-state index in [1.54, 1.807) is 23.1 Å². The maximum atomic E-state index is 13.6. The van der Waals surface area contributed by atoms with Crippen LogP contribution in [-0.4, -0.2) is 23.4 Å². The van der Waals surface area contributed by atoms with E-state index in [1.807, 2.05) is 30.3 Å². The topological polar surface area (TPSA) is 35.5 Å². The van der Waals surface area contributed by atoms with E-state index >= 15 is 0 Å². The zero-order valence-electron chi connectivity index (χ0n) is 10.8. The van der Waals surface area contributed by atoms with Gasteiger partial charge in [-0.3, -0.25) is 0 Å². The lowest BCUT2D eigenvalue weighted by molar-refractivity contribution is 0.306. The summed E-state index contributed by atoms with van der Waals surface area (Å²) in [6.07, 6.45) is 0. The average Bonchev–Trinajstić information content (AvgIpc) is 2.48. The summed E-state index contributed by atoms with van der Waals surface area (Å²) in [5.41, 5.74) is 1.16. The number of rotatable bonds is 4. The van der Waals surface area contributed by atoms with Gasteiger partial charge in [-0.05, 0) is 36.5 Å². The molecule has 0 aromatic heterocycles. The van der Waals surface area contributed by atoms with Crippen molar-refractivity contribution in [3.8, 4) is 0 Å². The Balaban J connectivity index is 2.18. The van der Waals surface area contributed by atoms with Gasteiger partial charge in [-0.1, -0.05) is 30.3 Å². The molecule has 5 heteroatoms. The predicted octanol–water partition coefficient (Wildman–Crippen LogP) is 3.02. The van der Waals surface area contributed by atoms with E-state index in [9.17, 15) is 4.39 Å². The molecule has 0 atom stereocenters. The van der Waals surface area contributed by atoms with Gasteiger partial charge in [0.25, 0.3) is 0 Å². The normalized spacial score (nSPS) is 10.1. The van der Waals surface area contributed by atoms with Gasteiger partial charge in [-0.25, -0.2) is 4.39 Å². The molecule has 0 unspecified atom stereocenters. The second-order valence-corrected chi connectivity index (χ2v) is 4.51. The minimum Gasteiger partial charge on any atom is -0.395 e. The van der Waals surface area contributed by atoms with Crippen LogP contribution in [0.5, 0.6) is 0 Å². The van der Waals surface area contributed by atoms with Crippen LogP contribution in [0.25, 0.3) is 0 Å². The molecular weight excluding hydrogens is 275 g/mol. The molecule has 2 N–H and O–H groups in total. The van der Waals surface area contributed by atoms with Crippen molar-refractivity contribution in [1.82, 2.24) is 0 Å². The molecule has 0 radical (unpaired) electrons. The standard InChI is InChI=1S/C15H15FN2OS/c16-13-8-4-5-9-14(13)17-15(20)18(10-11-19)12-6-2-1-3-7-12/h1-9,19H,10-11H2,(H,17,20). The Bertz CT molecular complexity index is 577. The Morgan fingerprint density at radius 2 is 1.75 bits per heavy atom. The number of hydrogen-bond donors (Lipinski definition) is 2. The highest BCUT2D eigenvalue weighted by atomic mass is 32.1. The quantitative estimate of drug-likeness (QED) is 0.849. The van der Waals surface area contributed by atoms with Crippen molar-refractivity contribution in [3.05, 3.63) is 60.4 Å². The van der Waals surface area contributed by atoms with Gasteiger partial charge in [0.1, 0.15) is 5.82 Å². The zero-order valence-corrected chi connectivity index (χ0v) is 11.6. The highest BCUT2D eigenvalue weighted by Crippen LogP contribution is 2.17. The van der Waals surface area contributed by atoms with Crippen molar-refractivity contribution >= 4 is 28.7 Å². The number of hydrogen-bond acceptors (Lipinski definition) is 2. The highest BCUT2D eigenvalue weighted by Gasteiger charge is 2.12. The number of aliphatic hydroxyl groups is 1. The number of halogens is 1. The van der Waals surface area contributed by atoms with Gasteiger partial charge in [0.2, 0.25) is 0 Å². The number of benzene rings is 2. The fraction of sp³-hybridized carbons (Fsp3) is 0.133. The minimum atomic E-state index is -0.369. The van der Waals surface area contributed by atoms with Crippen molar-refractivity contribution in [3.63, 3.8) is 0 Å².